The molecule has 1 heterocycles. The van der Waals surface area contributed by atoms with E-state index in [0.717, 1.165) is 11.3 Å². The van der Waals surface area contributed by atoms with Gasteiger partial charge in [0.2, 0.25) is 5.91 Å². The minimum absolute atomic E-state index is 0.336. The Bertz CT molecular complexity index is 497. The zero-order chi connectivity index (χ0) is 13.9. The molecule has 1 aromatic rings. The minimum Gasteiger partial charge on any atom is -0.480 e. The summed E-state index contributed by atoms with van der Waals surface area (Å²) in [7, 11) is 0. The van der Waals surface area contributed by atoms with E-state index in [1.165, 1.54) is 0 Å². The highest BCUT2D eigenvalue weighted by Crippen LogP contribution is 2.17. The molecule has 0 saturated heterocycles. The highest BCUT2D eigenvalue weighted by Gasteiger charge is 2.24. The van der Waals surface area contributed by atoms with Crippen LogP contribution in [0.4, 0.5) is 0 Å². The quantitative estimate of drug-likeness (QED) is 0.685. The van der Waals surface area contributed by atoms with Crippen molar-refractivity contribution in [3.8, 4) is 0 Å². The molecular formula is C10H13N3O4S. The molecule has 1 atom stereocenters. The first kappa shape index (κ1) is 14.1. The highest BCUT2D eigenvalue weighted by molar-refractivity contribution is 7.13. The van der Waals surface area contributed by atoms with E-state index in [9.17, 15) is 14.4 Å². The van der Waals surface area contributed by atoms with E-state index < -0.39 is 30.2 Å². The molecule has 98 valence electrons. The number of nitrogens with two attached hydrogens (primary N) is 1. The Labute approximate surface area is 107 Å². The number of hydrogen-bond acceptors (Lipinski definition) is 5. The molecule has 0 saturated carbocycles. The molecule has 1 aromatic heterocycles. The first-order chi connectivity index (χ1) is 8.31. The van der Waals surface area contributed by atoms with Gasteiger partial charge in [0, 0.05) is 0 Å². The van der Waals surface area contributed by atoms with E-state index >= 15 is 0 Å². The summed E-state index contributed by atoms with van der Waals surface area (Å²) in [6, 6.07) is -1.32. The highest BCUT2D eigenvalue weighted by atomic mass is 32.1. The summed E-state index contributed by atoms with van der Waals surface area (Å²) in [5.74, 6) is -2.66. The van der Waals surface area contributed by atoms with Gasteiger partial charge >= 0.3 is 5.97 Å². The second-order valence-corrected chi connectivity index (χ2v) is 4.89. The van der Waals surface area contributed by atoms with Gasteiger partial charge in [0.05, 0.1) is 17.1 Å². The number of carbonyl (C=O) groups excluding carboxylic acids is 2. The second kappa shape index (κ2) is 5.58. The Morgan fingerprint density at radius 3 is 2.44 bits per heavy atom. The van der Waals surface area contributed by atoms with Crippen LogP contribution in [-0.4, -0.2) is 33.9 Å². The Hall–Kier alpha value is -1.96. The summed E-state index contributed by atoms with van der Waals surface area (Å²) in [6.45, 7) is 3.40. The van der Waals surface area contributed by atoms with Crippen molar-refractivity contribution in [3.05, 3.63) is 15.6 Å². The van der Waals surface area contributed by atoms with E-state index in [2.05, 4.69) is 10.3 Å². The van der Waals surface area contributed by atoms with Crippen LogP contribution in [0.5, 0.6) is 0 Å². The van der Waals surface area contributed by atoms with Gasteiger partial charge in [-0.1, -0.05) is 0 Å². The number of thiazole rings is 1. The summed E-state index contributed by atoms with van der Waals surface area (Å²) >= 11 is 1.16. The molecule has 0 aliphatic rings. The maximum Gasteiger partial charge on any atom is 0.326 e. The number of carboxylic acids is 1. The molecule has 4 N–H and O–H groups in total. The van der Waals surface area contributed by atoms with E-state index in [1.54, 1.807) is 13.8 Å². The van der Waals surface area contributed by atoms with Crippen LogP contribution < -0.4 is 11.1 Å². The Kier molecular flexibility index (Phi) is 4.38. The van der Waals surface area contributed by atoms with Crippen LogP contribution in [0.15, 0.2) is 0 Å². The lowest BCUT2D eigenvalue weighted by Crippen LogP contribution is -2.43. The number of carbonyl (C=O) groups is 3. The van der Waals surface area contributed by atoms with Gasteiger partial charge in [-0.05, 0) is 13.8 Å². The van der Waals surface area contributed by atoms with Gasteiger partial charge in [-0.3, -0.25) is 9.59 Å². The SMILES string of the molecule is Cc1nc(C)c(C(=O)N[C@@H](CC(N)=O)C(=O)O)s1. The number of carboxylic acid groups (broad SMARTS) is 1. The first-order valence-electron chi connectivity index (χ1n) is 5.07. The Morgan fingerprint density at radius 2 is 2.06 bits per heavy atom. The normalized spacial score (nSPS) is 11.9. The van der Waals surface area contributed by atoms with E-state index in [0.29, 0.717) is 15.6 Å². The molecule has 8 heteroatoms. The van der Waals surface area contributed by atoms with Crippen molar-refractivity contribution >= 4 is 29.1 Å². The monoisotopic (exact) mass is 271 g/mol. The molecule has 0 aliphatic carbocycles. The second-order valence-electron chi connectivity index (χ2n) is 3.68. The van der Waals surface area contributed by atoms with Crippen molar-refractivity contribution in [1.29, 1.82) is 0 Å². The average molecular weight is 271 g/mol. The van der Waals surface area contributed by atoms with Gasteiger partial charge in [-0.15, -0.1) is 11.3 Å². The average Bonchev–Trinajstić information content (AvgIpc) is 2.56. The van der Waals surface area contributed by atoms with E-state index in [1.807, 2.05) is 0 Å². The topological polar surface area (TPSA) is 122 Å². The molecule has 7 nitrogen and oxygen atoms in total. The maximum atomic E-state index is 11.8. The molecule has 0 fully saturated rings. The molecule has 0 bridgehead atoms. The van der Waals surface area contributed by atoms with Crippen LogP contribution in [0.3, 0.4) is 0 Å². The molecular weight excluding hydrogens is 258 g/mol. The number of nitrogens with one attached hydrogen (secondary N) is 1. The zero-order valence-electron chi connectivity index (χ0n) is 9.89. The number of nitrogens with zero attached hydrogens (tertiary/aromatic N) is 1. The molecule has 0 spiro atoms. The van der Waals surface area contributed by atoms with Gasteiger partial charge in [0.25, 0.3) is 5.91 Å². The van der Waals surface area contributed by atoms with Crippen molar-refractivity contribution in [2.45, 2.75) is 26.3 Å². The number of aliphatic carboxylic acids is 1. The van der Waals surface area contributed by atoms with Gasteiger partial charge in [-0.25, -0.2) is 9.78 Å². The molecule has 2 amide bonds. The van der Waals surface area contributed by atoms with Gasteiger partial charge in [0.15, 0.2) is 0 Å². The zero-order valence-corrected chi connectivity index (χ0v) is 10.7. The summed E-state index contributed by atoms with van der Waals surface area (Å²) < 4.78 is 0. The van der Waals surface area contributed by atoms with E-state index in [-0.39, 0.29) is 0 Å². The Balaban J connectivity index is 2.81. The van der Waals surface area contributed by atoms with Crippen LogP contribution in [0.2, 0.25) is 0 Å². The lowest BCUT2D eigenvalue weighted by molar-refractivity contribution is -0.140. The lowest BCUT2D eigenvalue weighted by Gasteiger charge is -2.11. The molecule has 0 aromatic carbocycles. The molecule has 18 heavy (non-hydrogen) atoms. The van der Waals surface area contributed by atoms with Crippen LogP contribution in [0, 0.1) is 13.8 Å². The van der Waals surface area contributed by atoms with Crippen LogP contribution in [0.1, 0.15) is 26.8 Å². The van der Waals surface area contributed by atoms with Gasteiger partial charge in [-0.2, -0.15) is 0 Å². The first-order valence-corrected chi connectivity index (χ1v) is 5.89. The largest absolute Gasteiger partial charge is 0.480 e. The lowest BCUT2D eigenvalue weighted by atomic mass is 10.2. The van der Waals surface area contributed by atoms with Crippen molar-refractivity contribution in [2.75, 3.05) is 0 Å². The van der Waals surface area contributed by atoms with E-state index in [4.69, 9.17) is 10.8 Å². The third-order valence-electron chi connectivity index (χ3n) is 2.12. The predicted molar refractivity (Wildman–Crippen MR) is 64.3 cm³/mol. The van der Waals surface area contributed by atoms with Crippen molar-refractivity contribution in [1.82, 2.24) is 10.3 Å². The number of aryl methyl sites for hydroxylation is 2. The summed E-state index contributed by atoms with van der Waals surface area (Å²) in [5.41, 5.74) is 5.44. The van der Waals surface area contributed by atoms with Crippen LogP contribution in [0.25, 0.3) is 0 Å². The smallest absolute Gasteiger partial charge is 0.326 e. The van der Waals surface area contributed by atoms with Crippen molar-refractivity contribution in [3.63, 3.8) is 0 Å². The fraction of sp³-hybridized carbons (Fsp3) is 0.400. The summed E-state index contributed by atoms with van der Waals surface area (Å²) in [6.07, 6.45) is -0.447. The van der Waals surface area contributed by atoms with Gasteiger partial charge in [0.1, 0.15) is 10.9 Å². The predicted octanol–water partition coefficient (Wildman–Crippen LogP) is -0.182. The number of primary amides is 1. The molecule has 0 aliphatic heterocycles. The molecule has 0 unspecified atom stereocenters. The third-order valence-corrected chi connectivity index (χ3v) is 3.19. The fourth-order valence-electron chi connectivity index (χ4n) is 1.37. The van der Waals surface area contributed by atoms with Crippen LogP contribution >= 0.6 is 11.3 Å². The standard InChI is InChI=1S/C10H13N3O4S/c1-4-8(18-5(2)12-4)9(15)13-6(10(16)17)3-7(11)14/h6H,3H2,1-2H3,(H2,11,14)(H,13,15)(H,16,17)/t6-/m0/s1. The number of hydrogen-bond donors (Lipinski definition) is 3. The minimum atomic E-state index is -1.32. The number of aromatic nitrogens is 1. The Morgan fingerprint density at radius 1 is 1.44 bits per heavy atom. The molecule has 1 rings (SSSR count). The molecule has 0 radical (unpaired) electrons. The number of amides is 2. The van der Waals surface area contributed by atoms with Crippen molar-refractivity contribution < 1.29 is 19.5 Å². The van der Waals surface area contributed by atoms with Crippen molar-refractivity contribution in [2.24, 2.45) is 5.73 Å². The van der Waals surface area contributed by atoms with Gasteiger partial charge < -0.3 is 16.2 Å². The van der Waals surface area contributed by atoms with Crippen LogP contribution in [-0.2, 0) is 9.59 Å². The third kappa shape index (κ3) is 3.52. The summed E-state index contributed by atoms with van der Waals surface area (Å²) in [4.78, 5) is 37.8. The fourth-order valence-corrected chi connectivity index (χ4v) is 2.19. The number of rotatable bonds is 5. The summed E-state index contributed by atoms with van der Waals surface area (Å²) in [5, 5.41) is 11.8. The maximum absolute atomic E-state index is 11.8.